The zero-order valence-corrected chi connectivity index (χ0v) is 19.1. The zero-order chi connectivity index (χ0) is 24.4. The number of aryl methyl sites for hydroxylation is 1. The summed E-state index contributed by atoms with van der Waals surface area (Å²) >= 11 is 6.29. The van der Waals surface area contributed by atoms with Crippen LogP contribution in [0.2, 0.25) is 5.02 Å². The lowest BCUT2D eigenvalue weighted by Gasteiger charge is -2.33. The first-order valence-corrected chi connectivity index (χ1v) is 11.1. The van der Waals surface area contributed by atoms with Crippen molar-refractivity contribution in [1.29, 1.82) is 5.26 Å². The van der Waals surface area contributed by atoms with E-state index >= 15 is 0 Å². The van der Waals surface area contributed by atoms with Crippen LogP contribution in [0.5, 0.6) is 0 Å². The normalized spacial score (nSPS) is 14.0. The number of hydrogen-bond donors (Lipinski definition) is 1. The molecule has 1 amide bonds. The van der Waals surface area contributed by atoms with Gasteiger partial charge in [0.25, 0.3) is 11.5 Å². The number of anilines is 2. The van der Waals surface area contributed by atoms with Gasteiger partial charge in [0.2, 0.25) is 0 Å². The fraction of sp³-hybridized carbons (Fsp3) is 0.240. The summed E-state index contributed by atoms with van der Waals surface area (Å²) in [6, 6.07) is 12.0. The summed E-state index contributed by atoms with van der Waals surface area (Å²) in [4.78, 5) is 27.6. The van der Waals surface area contributed by atoms with Gasteiger partial charge >= 0.3 is 0 Å². The summed E-state index contributed by atoms with van der Waals surface area (Å²) in [6.07, 6.45) is 2.76. The average Bonchev–Trinajstić information content (AvgIpc) is 2.85. The van der Waals surface area contributed by atoms with Gasteiger partial charge in [-0.2, -0.15) is 5.26 Å². The van der Waals surface area contributed by atoms with Gasteiger partial charge in [0.1, 0.15) is 16.7 Å². The number of carbonyl (C=O) groups excluding carboxylic acids is 1. The number of rotatable bonds is 4. The Bertz CT molecular complexity index is 1340. The second-order valence-electron chi connectivity index (χ2n) is 8.20. The molecule has 1 fully saturated rings. The monoisotopic (exact) mass is 482 g/mol. The van der Waals surface area contributed by atoms with Crippen LogP contribution in [0.1, 0.15) is 40.2 Å². The third kappa shape index (κ3) is 4.66. The number of pyridine rings is 1. The highest BCUT2D eigenvalue weighted by Gasteiger charge is 2.28. The Balaban J connectivity index is 1.61. The van der Waals surface area contributed by atoms with E-state index in [1.807, 2.05) is 6.07 Å². The van der Waals surface area contributed by atoms with Crippen LogP contribution in [0.15, 0.2) is 53.5 Å². The van der Waals surface area contributed by atoms with Crippen LogP contribution in [0.4, 0.5) is 20.2 Å². The van der Waals surface area contributed by atoms with E-state index in [4.69, 9.17) is 16.9 Å². The summed E-state index contributed by atoms with van der Waals surface area (Å²) in [5.74, 6) is -1.10. The molecule has 1 aliphatic heterocycles. The molecular formula is C25H21ClF2N4O2. The van der Waals surface area contributed by atoms with Crippen LogP contribution in [0.25, 0.3) is 0 Å². The van der Waals surface area contributed by atoms with E-state index in [2.05, 4.69) is 5.32 Å². The van der Waals surface area contributed by atoms with Crippen molar-refractivity contribution in [3.63, 3.8) is 0 Å². The molecule has 0 radical (unpaired) electrons. The molecule has 0 spiro atoms. The predicted molar refractivity (Wildman–Crippen MR) is 125 cm³/mol. The number of benzene rings is 2. The largest absolute Gasteiger partial charge is 0.351 e. The smallest absolute Gasteiger partial charge is 0.271 e. The first-order valence-electron chi connectivity index (χ1n) is 10.7. The lowest BCUT2D eigenvalue weighted by Crippen LogP contribution is -2.39. The van der Waals surface area contributed by atoms with Gasteiger partial charge in [-0.1, -0.05) is 23.7 Å². The van der Waals surface area contributed by atoms with Gasteiger partial charge < -0.3 is 14.8 Å². The number of amides is 1. The van der Waals surface area contributed by atoms with Crippen molar-refractivity contribution in [2.24, 2.45) is 7.05 Å². The summed E-state index contributed by atoms with van der Waals surface area (Å²) in [6.45, 7) is 0.915. The molecule has 174 valence electrons. The molecule has 2 aromatic carbocycles. The number of nitriles is 1. The Morgan fingerprint density at radius 1 is 1.15 bits per heavy atom. The fourth-order valence-electron chi connectivity index (χ4n) is 4.13. The number of piperidine rings is 1. The average molecular weight is 483 g/mol. The maximum absolute atomic E-state index is 14.4. The third-order valence-electron chi connectivity index (χ3n) is 6.03. The van der Waals surface area contributed by atoms with Crippen molar-refractivity contribution in [2.45, 2.75) is 18.8 Å². The Morgan fingerprint density at radius 3 is 2.47 bits per heavy atom. The Kier molecular flexibility index (Phi) is 6.66. The fourth-order valence-corrected chi connectivity index (χ4v) is 4.41. The number of aromatic nitrogens is 1. The highest BCUT2D eigenvalue weighted by molar-refractivity contribution is 6.34. The lowest BCUT2D eigenvalue weighted by atomic mass is 9.89. The summed E-state index contributed by atoms with van der Waals surface area (Å²) in [7, 11) is 1.48. The maximum atomic E-state index is 14.4. The number of nitrogens with zero attached hydrogens (tertiary/aromatic N) is 3. The second-order valence-corrected chi connectivity index (χ2v) is 8.58. The molecular weight excluding hydrogens is 462 g/mol. The maximum Gasteiger partial charge on any atom is 0.271 e. The lowest BCUT2D eigenvalue weighted by molar-refractivity contribution is 0.0713. The standard InChI is InChI=1S/C25H21ClF2N4O2/c1-31-14-19(23(22(26)25(31)34)30-21-12-15(13-29)2-7-20(21)28)24(33)32-10-8-17(9-11-32)16-3-5-18(27)6-4-16/h2-7,12,14,17,30H,8-11H2,1H3. The number of likely N-dealkylation sites (tertiary alicyclic amines) is 1. The molecule has 0 aliphatic carbocycles. The molecule has 6 nitrogen and oxygen atoms in total. The number of carbonyl (C=O) groups is 1. The van der Waals surface area contributed by atoms with E-state index in [-0.39, 0.29) is 45.2 Å². The molecule has 1 aromatic heterocycles. The van der Waals surface area contributed by atoms with E-state index < -0.39 is 11.4 Å². The van der Waals surface area contributed by atoms with Crippen LogP contribution in [-0.2, 0) is 7.05 Å². The van der Waals surface area contributed by atoms with Gasteiger partial charge in [-0.05, 0) is 54.7 Å². The highest BCUT2D eigenvalue weighted by Crippen LogP contribution is 2.32. The van der Waals surface area contributed by atoms with Crippen LogP contribution in [-0.4, -0.2) is 28.5 Å². The molecule has 4 rings (SSSR count). The first-order chi connectivity index (χ1) is 16.3. The van der Waals surface area contributed by atoms with Gasteiger partial charge in [-0.3, -0.25) is 9.59 Å². The molecule has 2 heterocycles. The highest BCUT2D eigenvalue weighted by atomic mass is 35.5. The van der Waals surface area contributed by atoms with Crippen LogP contribution in [0.3, 0.4) is 0 Å². The summed E-state index contributed by atoms with van der Waals surface area (Å²) < 4.78 is 28.8. The van der Waals surface area contributed by atoms with Gasteiger partial charge in [0.05, 0.1) is 28.6 Å². The predicted octanol–water partition coefficient (Wildman–Crippen LogP) is 4.95. The van der Waals surface area contributed by atoms with E-state index in [1.165, 1.54) is 42.1 Å². The van der Waals surface area contributed by atoms with E-state index in [0.29, 0.717) is 25.9 Å². The summed E-state index contributed by atoms with van der Waals surface area (Å²) in [5.41, 5.74) is 0.720. The SMILES string of the molecule is Cn1cc(C(=O)N2CCC(c3ccc(F)cc3)CC2)c(Nc2cc(C#N)ccc2F)c(Cl)c1=O. The molecule has 3 aromatic rings. The molecule has 9 heteroatoms. The minimum Gasteiger partial charge on any atom is -0.351 e. The van der Waals surface area contributed by atoms with Crippen molar-refractivity contribution in [2.75, 3.05) is 18.4 Å². The molecule has 1 aliphatic rings. The van der Waals surface area contributed by atoms with Crippen molar-refractivity contribution in [3.8, 4) is 6.07 Å². The summed E-state index contributed by atoms with van der Waals surface area (Å²) in [5, 5.41) is 11.6. The number of halogens is 3. The second kappa shape index (κ2) is 9.65. The zero-order valence-electron chi connectivity index (χ0n) is 18.3. The minimum atomic E-state index is -0.658. The Labute approximate surface area is 200 Å². The molecule has 0 saturated carbocycles. The molecule has 34 heavy (non-hydrogen) atoms. The first kappa shape index (κ1) is 23.5. The van der Waals surface area contributed by atoms with Crippen LogP contribution in [0, 0.1) is 23.0 Å². The Morgan fingerprint density at radius 2 is 1.82 bits per heavy atom. The van der Waals surface area contributed by atoms with E-state index in [0.717, 1.165) is 11.6 Å². The van der Waals surface area contributed by atoms with Gasteiger partial charge in [0, 0.05) is 26.3 Å². The van der Waals surface area contributed by atoms with Crippen molar-refractivity contribution >= 4 is 28.9 Å². The van der Waals surface area contributed by atoms with Gasteiger partial charge in [-0.15, -0.1) is 0 Å². The van der Waals surface area contributed by atoms with Crippen molar-refractivity contribution in [1.82, 2.24) is 9.47 Å². The van der Waals surface area contributed by atoms with Crippen LogP contribution < -0.4 is 10.9 Å². The molecule has 1 N–H and O–H groups in total. The molecule has 0 unspecified atom stereocenters. The molecule has 0 atom stereocenters. The molecule has 1 saturated heterocycles. The quantitative estimate of drug-likeness (QED) is 0.570. The van der Waals surface area contributed by atoms with E-state index in [1.54, 1.807) is 17.0 Å². The van der Waals surface area contributed by atoms with E-state index in [9.17, 15) is 18.4 Å². The number of hydrogen-bond acceptors (Lipinski definition) is 4. The van der Waals surface area contributed by atoms with Crippen molar-refractivity contribution in [3.05, 3.63) is 92.4 Å². The molecule has 0 bridgehead atoms. The van der Waals surface area contributed by atoms with Crippen molar-refractivity contribution < 1.29 is 13.6 Å². The topological polar surface area (TPSA) is 78.1 Å². The Hall–Kier alpha value is -3.70. The third-order valence-corrected chi connectivity index (χ3v) is 6.38. The number of nitrogens with one attached hydrogen (secondary N) is 1. The van der Waals surface area contributed by atoms with Crippen LogP contribution >= 0.6 is 11.6 Å². The van der Waals surface area contributed by atoms with Gasteiger partial charge in [0.15, 0.2) is 0 Å². The van der Waals surface area contributed by atoms with Gasteiger partial charge in [-0.25, -0.2) is 8.78 Å². The minimum absolute atomic E-state index is 0.00980.